The van der Waals surface area contributed by atoms with Crippen molar-refractivity contribution in [1.82, 2.24) is 14.5 Å². The summed E-state index contributed by atoms with van der Waals surface area (Å²) in [5.41, 5.74) is 2.32. The number of rotatable bonds is 4. The predicted molar refractivity (Wildman–Crippen MR) is 100.0 cm³/mol. The van der Waals surface area contributed by atoms with Gasteiger partial charge in [-0.05, 0) is 19.8 Å². The summed E-state index contributed by atoms with van der Waals surface area (Å²) in [6.07, 6.45) is 2.58. The van der Waals surface area contributed by atoms with E-state index in [1.54, 1.807) is 4.90 Å². The third kappa shape index (κ3) is 4.42. The number of piperidine rings is 1. The zero-order valence-electron chi connectivity index (χ0n) is 15.6. The van der Waals surface area contributed by atoms with E-state index in [4.69, 9.17) is 4.74 Å². The minimum atomic E-state index is -0.265. The Morgan fingerprint density at radius 3 is 2.44 bits per heavy atom. The second-order valence-corrected chi connectivity index (χ2v) is 6.78. The molecule has 1 amide bonds. The van der Waals surface area contributed by atoms with Crippen molar-refractivity contribution >= 4 is 11.9 Å². The lowest BCUT2D eigenvalue weighted by molar-refractivity contribution is -0.149. The number of aromatic nitrogens is 2. The van der Waals surface area contributed by atoms with Gasteiger partial charge in [0.25, 0.3) is 5.56 Å². The number of benzene rings is 1. The Kier molecular flexibility index (Phi) is 5.69. The number of carbonyl (C=O) groups is 2. The Hall–Kier alpha value is -2.96. The molecule has 0 aliphatic carbocycles. The van der Waals surface area contributed by atoms with E-state index in [1.807, 2.05) is 31.2 Å². The van der Waals surface area contributed by atoms with Gasteiger partial charge in [-0.2, -0.15) is 0 Å². The van der Waals surface area contributed by atoms with Crippen LogP contribution >= 0.6 is 0 Å². The molecular weight excluding hydrogens is 346 g/mol. The van der Waals surface area contributed by atoms with Crippen LogP contribution < -0.4 is 5.56 Å². The lowest BCUT2D eigenvalue weighted by Crippen LogP contribution is -2.43. The zero-order chi connectivity index (χ0) is 19.4. The van der Waals surface area contributed by atoms with Gasteiger partial charge >= 0.3 is 5.97 Å². The van der Waals surface area contributed by atoms with Crippen molar-refractivity contribution in [2.45, 2.75) is 26.3 Å². The minimum absolute atomic E-state index is 0.0527. The van der Waals surface area contributed by atoms with Gasteiger partial charge < -0.3 is 9.64 Å². The van der Waals surface area contributed by atoms with Crippen LogP contribution in [0.25, 0.3) is 11.3 Å². The Bertz CT molecular complexity index is 881. The number of hydrogen-bond donors (Lipinski definition) is 0. The third-order valence-electron chi connectivity index (χ3n) is 4.91. The fourth-order valence-corrected chi connectivity index (χ4v) is 3.20. The summed E-state index contributed by atoms with van der Waals surface area (Å²) in [6.45, 7) is 2.92. The quantitative estimate of drug-likeness (QED) is 0.765. The summed E-state index contributed by atoms with van der Waals surface area (Å²) in [6, 6.07) is 9.20. The first kappa shape index (κ1) is 18.8. The number of nitrogens with zero attached hydrogens (tertiary/aromatic N) is 3. The molecule has 142 valence electrons. The summed E-state index contributed by atoms with van der Waals surface area (Å²) in [7, 11) is 1.37. The molecule has 2 heterocycles. The van der Waals surface area contributed by atoms with Gasteiger partial charge in [0.15, 0.2) is 0 Å². The molecule has 7 nitrogen and oxygen atoms in total. The number of aryl methyl sites for hydroxylation is 1. The van der Waals surface area contributed by atoms with E-state index < -0.39 is 0 Å². The number of hydrogen-bond acceptors (Lipinski definition) is 5. The van der Waals surface area contributed by atoms with Crippen molar-refractivity contribution in [3.63, 3.8) is 0 Å². The number of esters is 1. The number of amides is 1. The molecule has 1 fully saturated rings. The first-order valence-electron chi connectivity index (χ1n) is 8.97. The number of ether oxygens (including phenoxy) is 1. The van der Waals surface area contributed by atoms with E-state index in [0.29, 0.717) is 31.6 Å². The van der Waals surface area contributed by atoms with Crippen LogP contribution in [0, 0.1) is 12.8 Å². The number of carbonyl (C=O) groups excluding carboxylic acids is 2. The maximum atomic E-state index is 12.5. The number of methoxy groups -OCH3 is 1. The van der Waals surface area contributed by atoms with Crippen LogP contribution in [-0.2, 0) is 20.9 Å². The lowest BCUT2D eigenvalue weighted by Gasteiger charge is -2.30. The largest absolute Gasteiger partial charge is 0.469 e. The monoisotopic (exact) mass is 369 g/mol. The molecule has 1 saturated heterocycles. The Morgan fingerprint density at radius 2 is 1.85 bits per heavy atom. The molecule has 0 unspecified atom stereocenters. The average molecular weight is 369 g/mol. The molecule has 1 aromatic carbocycles. The van der Waals surface area contributed by atoms with Gasteiger partial charge in [-0.25, -0.2) is 4.98 Å². The first-order valence-corrected chi connectivity index (χ1v) is 8.97. The summed E-state index contributed by atoms with van der Waals surface area (Å²) >= 11 is 0. The van der Waals surface area contributed by atoms with Gasteiger partial charge in [-0.1, -0.05) is 29.8 Å². The molecule has 1 aliphatic heterocycles. The molecule has 7 heteroatoms. The van der Waals surface area contributed by atoms with Gasteiger partial charge in [-0.3, -0.25) is 19.0 Å². The fraction of sp³-hybridized carbons (Fsp3) is 0.400. The molecule has 0 bridgehead atoms. The molecule has 0 atom stereocenters. The van der Waals surface area contributed by atoms with E-state index in [2.05, 4.69) is 4.98 Å². The van der Waals surface area contributed by atoms with Gasteiger partial charge in [0.2, 0.25) is 5.91 Å². The highest BCUT2D eigenvalue weighted by Crippen LogP contribution is 2.19. The molecule has 0 saturated carbocycles. The van der Waals surface area contributed by atoms with Gasteiger partial charge in [0.1, 0.15) is 6.54 Å². The highest BCUT2D eigenvalue weighted by Gasteiger charge is 2.27. The van der Waals surface area contributed by atoms with Crippen LogP contribution in [0.5, 0.6) is 0 Å². The Morgan fingerprint density at radius 1 is 1.19 bits per heavy atom. The first-order chi connectivity index (χ1) is 13.0. The third-order valence-corrected chi connectivity index (χ3v) is 4.91. The molecule has 3 rings (SSSR count). The zero-order valence-corrected chi connectivity index (χ0v) is 15.6. The van der Waals surface area contributed by atoms with Crippen LogP contribution in [0.2, 0.25) is 0 Å². The van der Waals surface area contributed by atoms with E-state index in [1.165, 1.54) is 24.1 Å². The van der Waals surface area contributed by atoms with Crippen molar-refractivity contribution in [2.24, 2.45) is 5.92 Å². The Labute approximate surface area is 157 Å². The topological polar surface area (TPSA) is 81.5 Å². The molecule has 2 aromatic rings. The smallest absolute Gasteiger partial charge is 0.308 e. The molecule has 0 N–H and O–H groups in total. The SMILES string of the molecule is COC(=O)C1CCN(C(=O)Cn2cnc(-c3ccc(C)cc3)cc2=O)CC1. The summed E-state index contributed by atoms with van der Waals surface area (Å²) < 4.78 is 6.07. The highest BCUT2D eigenvalue weighted by molar-refractivity contribution is 5.77. The lowest BCUT2D eigenvalue weighted by atomic mass is 9.97. The van der Waals surface area contributed by atoms with Crippen molar-refractivity contribution in [3.05, 3.63) is 52.6 Å². The average Bonchev–Trinajstić information content (AvgIpc) is 2.69. The summed E-state index contributed by atoms with van der Waals surface area (Å²) in [5.74, 6) is -0.531. The van der Waals surface area contributed by atoms with Gasteiger partial charge in [0, 0.05) is 24.7 Å². The van der Waals surface area contributed by atoms with E-state index in [0.717, 1.165) is 11.1 Å². The maximum absolute atomic E-state index is 12.5. The van der Waals surface area contributed by atoms with Gasteiger partial charge in [-0.15, -0.1) is 0 Å². The van der Waals surface area contributed by atoms with Crippen molar-refractivity contribution in [3.8, 4) is 11.3 Å². The van der Waals surface area contributed by atoms with Gasteiger partial charge in [0.05, 0.1) is 25.0 Å². The van der Waals surface area contributed by atoms with E-state index in [9.17, 15) is 14.4 Å². The maximum Gasteiger partial charge on any atom is 0.308 e. The van der Waals surface area contributed by atoms with Crippen LogP contribution in [-0.4, -0.2) is 46.5 Å². The highest BCUT2D eigenvalue weighted by atomic mass is 16.5. The number of likely N-dealkylation sites (tertiary alicyclic amines) is 1. The molecular formula is C20H23N3O4. The second-order valence-electron chi connectivity index (χ2n) is 6.78. The van der Waals surface area contributed by atoms with Crippen molar-refractivity contribution in [2.75, 3.05) is 20.2 Å². The summed E-state index contributed by atoms with van der Waals surface area (Å²) in [5, 5.41) is 0. The second kappa shape index (κ2) is 8.16. The molecule has 1 aromatic heterocycles. The van der Waals surface area contributed by atoms with Crippen LogP contribution in [0.1, 0.15) is 18.4 Å². The fourth-order valence-electron chi connectivity index (χ4n) is 3.20. The van der Waals surface area contributed by atoms with Crippen molar-refractivity contribution < 1.29 is 14.3 Å². The van der Waals surface area contributed by atoms with Crippen LogP contribution in [0.3, 0.4) is 0 Å². The Balaban J connectivity index is 1.64. The normalized spacial score (nSPS) is 14.8. The predicted octanol–water partition coefficient (Wildman–Crippen LogP) is 1.63. The minimum Gasteiger partial charge on any atom is -0.469 e. The molecule has 0 spiro atoms. The van der Waals surface area contributed by atoms with E-state index >= 15 is 0 Å². The standard InChI is InChI=1S/C20H23N3O4/c1-14-3-5-15(6-4-14)17-11-18(24)23(13-21-17)12-19(25)22-9-7-16(8-10-22)20(26)27-2/h3-6,11,13,16H,7-10,12H2,1-2H3. The molecule has 27 heavy (non-hydrogen) atoms. The van der Waals surface area contributed by atoms with E-state index in [-0.39, 0.29) is 29.9 Å². The van der Waals surface area contributed by atoms with Crippen molar-refractivity contribution in [1.29, 1.82) is 0 Å². The molecule has 1 aliphatic rings. The van der Waals surface area contributed by atoms with Crippen LogP contribution in [0.4, 0.5) is 0 Å². The molecule has 0 radical (unpaired) electrons. The summed E-state index contributed by atoms with van der Waals surface area (Å²) in [4.78, 5) is 42.4. The van der Waals surface area contributed by atoms with Crippen LogP contribution in [0.15, 0.2) is 41.5 Å².